The fourth-order valence-electron chi connectivity index (χ4n) is 3.19. The van der Waals surface area contributed by atoms with E-state index >= 15 is 0 Å². The minimum absolute atomic E-state index is 0.0376. The largest absolute Gasteiger partial charge is 0.283 e. The molecule has 0 saturated heterocycles. The van der Waals surface area contributed by atoms with Crippen LogP contribution in [0.5, 0.6) is 0 Å². The molecule has 0 aromatic heterocycles. The fourth-order valence-corrected chi connectivity index (χ4v) is 4.43. The van der Waals surface area contributed by atoms with Crippen LogP contribution >= 0.6 is 0 Å². The van der Waals surface area contributed by atoms with Crippen molar-refractivity contribution in [1.29, 1.82) is 0 Å². The Morgan fingerprint density at radius 1 is 0.935 bits per heavy atom. The minimum Gasteiger partial charge on any atom is -0.258 e. The van der Waals surface area contributed by atoms with Crippen molar-refractivity contribution in [2.45, 2.75) is 17.9 Å². The Hall–Kier alpha value is -3.53. The van der Waals surface area contributed by atoms with E-state index < -0.39 is 21.1 Å². The number of rotatable bonds is 5. The lowest BCUT2D eigenvalue weighted by Crippen LogP contribution is -2.46. The second-order valence-corrected chi connectivity index (χ2v) is 8.62. The van der Waals surface area contributed by atoms with Gasteiger partial charge >= 0.3 is 0 Å². The van der Waals surface area contributed by atoms with Gasteiger partial charge in [0.1, 0.15) is 6.10 Å². The van der Waals surface area contributed by atoms with Crippen molar-refractivity contribution in [1.82, 2.24) is 4.58 Å². The van der Waals surface area contributed by atoms with E-state index in [-0.39, 0.29) is 16.1 Å². The van der Waals surface area contributed by atoms with Crippen LogP contribution in [0.4, 0.5) is 11.4 Å². The van der Waals surface area contributed by atoms with Gasteiger partial charge in [-0.1, -0.05) is 48.0 Å². The Kier molecular flexibility index (Phi) is 5.55. The zero-order valence-electron chi connectivity index (χ0n) is 16.5. The first-order chi connectivity index (χ1) is 14.9. The first kappa shape index (κ1) is 20.7. The molecule has 0 fully saturated rings. The number of para-hydroxylation sites is 2. The molecule has 4 rings (SSSR count). The lowest BCUT2D eigenvalue weighted by Gasteiger charge is -2.36. The van der Waals surface area contributed by atoms with Crippen LogP contribution in [-0.2, 0) is 14.9 Å². The van der Waals surface area contributed by atoms with E-state index in [9.17, 15) is 18.5 Å². The molecule has 31 heavy (non-hydrogen) atoms. The zero-order chi connectivity index (χ0) is 22.0. The SMILES string of the molecule is Cc1ccc(S(=O)(=O)N2OC(c3ccccc3[N+](=O)[O-])C=CN2c2ccccc2)cc1. The van der Waals surface area contributed by atoms with Gasteiger partial charge in [-0.2, -0.15) is 0 Å². The standard InChI is InChI=1S/C22H19N3O5S/c1-17-11-13-19(14-12-17)31(28,29)25-23(18-7-3-2-4-8-18)16-15-22(30-25)20-9-5-6-10-21(20)24(26)27/h2-16,22H,1H3. The molecule has 0 radical (unpaired) electrons. The lowest BCUT2D eigenvalue weighted by molar-refractivity contribution is -0.386. The number of hydrazine groups is 1. The number of nitrogens with zero attached hydrogens (tertiary/aromatic N) is 3. The molecule has 1 atom stereocenters. The van der Waals surface area contributed by atoms with Crippen molar-refractivity contribution in [3.8, 4) is 0 Å². The highest BCUT2D eigenvalue weighted by molar-refractivity contribution is 7.89. The van der Waals surface area contributed by atoms with Gasteiger partial charge in [0.15, 0.2) is 0 Å². The maximum atomic E-state index is 13.5. The Bertz CT molecular complexity index is 1230. The van der Waals surface area contributed by atoms with Crippen LogP contribution in [0.15, 0.2) is 96.0 Å². The molecule has 1 unspecified atom stereocenters. The second kappa shape index (κ2) is 8.31. The lowest BCUT2D eigenvalue weighted by atomic mass is 10.1. The number of hydrogen-bond donors (Lipinski definition) is 0. The molecule has 0 bridgehead atoms. The summed E-state index contributed by atoms with van der Waals surface area (Å²) in [5.74, 6) is 0. The molecule has 0 aliphatic carbocycles. The number of aryl methyl sites for hydroxylation is 1. The van der Waals surface area contributed by atoms with E-state index in [2.05, 4.69) is 0 Å². The summed E-state index contributed by atoms with van der Waals surface area (Å²) in [7, 11) is -4.13. The van der Waals surface area contributed by atoms with Crippen LogP contribution in [0.2, 0.25) is 0 Å². The second-order valence-electron chi connectivity index (χ2n) is 6.89. The summed E-state index contributed by atoms with van der Waals surface area (Å²) in [4.78, 5) is 16.8. The summed E-state index contributed by atoms with van der Waals surface area (Å²) in [5, 5.41) is 12.8. The maximum Gasteiger partial charge on any atom is 0.283 e. The Labute approximate surface area is 179 Å². The topological polar surface area (TPSA) is 93.0 Å². The Morgan fingerprint density at radius 3 is 2.26 bits per heavy atom. The number of nitro groups is 1. The van der Waals surface area contributed by atoms with Crippen LogP contribution in [0.1, 0.15) is 17.2 Å². The van der Waals surface area contributed by atoms with Gasteiger partial charge in [-0.3, -0.25) is 15.0 Å². The van der Waals surface area contributed by atoms with Crippen molar-refractivity contribution in [3.05, 3.63) is 112 Å². The third-order valence-electron chi connectivity index (χ3n) is 4.77. The van der Waals surface area contributed by atoms with Gasteiger partial charge in [-0.25, -0.2) is 13.4 Å². The van der Waals surface area contributed by atoms with Gasteiger partial charge in [0, 0.05) is 16.8 Å². The highest BCUT2D eigenvalue weighted by atomic mass is 32.2. The van der Waals surface area contributed by atoms with Gasteiger partial charge in [-0.05, 0) is 43.3 Å². The molecule has 1 heterocycles. The summed E-state index contributed by atoms with van der Waals surface area (Å²) < 4.78 is 27.7. The van der Waals surface area contributed by atoms with E-state index in [0.29, 0.717) is 5.69 Å². The normalized spacial score (nSPS) is 16.9. The summed E-state index contributed by atoms with van der Waals surface area (Å²) in [6, 6.07) is 21.3. The molecule has 1 aliphatic heterocycles. The highest BCUT2D eigenvalue weighted by Gasteiger charge is 2.37. The van der Waals surface area contributed by atoms with Gasteiger partial charge in [0.2, 0.25) is 0 Å². The van der Waals surface area contributed by atoms with Crippen molar-refractivity contribution in [2.24, 2.45) is 0 Å². The third kappa shape index (κ3) is 4.06. The zero-order valence-corrected chi connectivity index (χ0v) is 17.3. The monoisotopic (exact) mass is 437 g/mol. The van der Waals surface area contributed by atoms with E-state index in [0.717, 1.165) is 10.1 Å². The van der Waals surface area contributed by atoms with Crippen LogP contribution in [0, 0.1) is 17.0 Å². The van der Waals surface area contributed by atoms with Gasteiger partial charge in [-0.15, -0.1) is 0 Å². The average Bonchev–Trinajstić information content (AvgIpc) is 2.79. The van der Waals surface area contributed by atoms with E-state index in [1.807, 2.05) is 13.0 Å². The summed E-state index contributed by atoms with van der Waals surface area (Å²) in [6.07, 6.45) is 2.14. The van der Waals surface area contributed by atoms with Crippen molar-refractivity contribution in [3.63, 3.8) is 0 Å². The number of nitro benzene ring substituents is 1. The van der Waals surface area contributed by atoms with Crippen LogP contribution < -0.4 is 5.01 Å². The third-order valence-corrected chi connectivity index (χ3v) is 6.31. The van der Waals surface area contributed by atoms with Gasteiger partial charge in [0.25, 0.3) is 15.7 Å². The molecule has 0 saturated carbocycles. The van der Waals surface area contributed by atoms with E-state index in [1.54, 1.807) is 60.7 Å². The quantitative estimate of drug-likeness (QED) is 0.431. The Balaban J connectivity index is 1.81. The molecule has 0 N–H and O–H groups in total. The molecule has 158 valence electrons. The molecule has 0 amide bonds. The predicted octanol–water partition coefficient (Wildman–Crippen LogP) is 4.52. The summed E-state index contributed by atoms with van der Waals surface area (Å²) in [6.45, 7) is 1.86. The number of benzene rings is 3. The van der Waals surface area contributed by atoms with Crippen molar-refractivity contribution < 1.29 is 18.2 Å². The maximum absolute atomic E-state index is 13.5. The molecule has 3 aromatic carbocycles. The van der Waals surface area contributed by atoms with Gasteiger partial charge in [0.05, 0.1) is 21.1 Å². The van der Waals surface area contributed by atoms with Crippen molar-refractivity contribution >= 4 is 21.4 Å². The predicted molar refractivity (Wildman–Crippen MR) is 115 cm³/mol. The molecule has 9 heteroatoms. The highest BCUT2D eigenvalue weighted by Crippen LogP contribution is 2.36. The van der Waals surface area contributed by atoms with Crippen LogP contribution in [0.25, 0.3) is 0 Å². The average molecular weight is 437 g/mol. The molecule has 8 nitrogen and oxygen atoms in total. The first-order valence-corrected chi connectivity index (χ1v) is 10.9. The summed E-state index contributed by atoms with van der Waals surface area (Å²) in [5.41, 5.74) is 1.56. The van der Waals surface area contributed by atoms with E-state index in [4.69, 9.17) is 4.84 Å². The molecule has 0 spiro atoms. The molecular formula is C22H19N3O5S. The number of anilines is 1. The van der Waals surface area contributed by atoms with Crippen molar-refractivity contribution in [2.75, 3.05) is 5.01 Å². The Morgan fingerprint density at radius 2 is 1.58 bits per heavy atom. The first-order valence-electron chi connectivity index (χ1n) is 9.42. The minimum atomic E-state index is -4.13. The summed E-state index contributed by atoms with van der Waals surface area (Å²) >= 11 is 0. The van der Waals surface area contributed by atoms with Crippen LogP contribution in [-0.4, -0.2) is 17.9 Å². The molecular weight excluding hydrogens is 418 g/mol. The van der Waals surface area contributed by atoms with Gasteiger partial charge < -0.3 is 0 Å². The molecule has 3 aromatic rings. The smallest absolute Gasteiger partial charge is 0.258 e. The van der Waals surface area contributed by atoms with Crippen LogP contribution in [0.3, 0.4) is 0 Å². The van der Waals surface area contributed by atoms with E-state index in [1.165, 1.54) is 29.4 Å². The molecule has 1 aliphatic rings. The number of sulfonamides is 1. The fraction of sp³-hybridized carbons (Fsp3) is 0.0909. The number of hydrogen-bond acceptors (Lipinski definition) is 6.